The molecule has 0 bridgehead atoms. The number of benzene rings is 2. The average molecular weight is 594 g/mol. The van der Waals surface area contributed by atoms with Gasteiger partial charge in [0.1, 0.15) is 5.92 Å². The average Bonchev–Trinajstić information content (AvgIpc) is 2.83. The third-order valence-electron chi connectivity index (χ3n) is 5.29. The first-order valence-corrected chi connectivity index (χ1v) is 10.1. The predicted molar refractivity (Wildman–Crippen MR) is 101 cm³/mol. The summed E-state index contributed by atoms with van der Waals surface area (Å²) in [6.45, 7) is -3.19. The van der Waals surface area contributed by atoms with Crippen molar-refractivity contribution in [2.45, 2.75) is 47.6 Å². The lowest BCUT2D eigenvalue weighted by atomic mass is 9.90. The van der Waals surface area contributed by atoms with Gasteiger partial charge in [-0.25, -0.2) is 0 Å². The van der Waals surface area contributed by atoms with E-state index in [9.17, 15) is 70.7 Å². The first kappa shape index (κ1) is 32.1. The zero-order valence-corrected chi connectivity index (χ0v) is 18.5. The Morgan fingerprint density at radius 2 is 0.872 bits per heavy atom. The van der Waals surface area contributed by atoms with Gasteiger partial charge in [0.25, 0.3) is 0 Å². The molecule has 0 N–H and O–H groups in total. The van der Waals surface area contributed by atoms with Crippen LogP contribution < -0.4 is 0 Å². The van der Waals surface area contributed by atoms with E-state index in [0.29, 0.717) is 0 Å². The Labute approximate surface area is 208 Å². The number of hydrogen-bond acceptors (Lipinski definition) is 2. The van der Waals surface area contributed by atoms with Crippen LogP contribution in [-0.2, 0) is 9.53 Å². The Morgan fingerprint density at radius 3 is 1.23 bits per heavy atom. The quantitative estimate of drug-likeness (QED) is 0.208. The molecule has 0 aliphatic rings. The van der Waals surface area contributed by atoms with Gasteiger partial charge in [-0.2, -0.15) is 65.9 Å². The summed E-state index contributed by atoms with van der Waals surface area (Å²) in [7, 11) is 0. The molecule has 0 saturated heterocycles. The van der Waals surface area contributed by atoms with Crippen molar-refractivity contribution in [2.24, 2.45) is 0 Å². The van der Waals surface area contributed by atoms with Crippen molar-refractivity contribution in [3.63, 3.8) is 0 Å². The fourth-order valence-electron chi connectivity index (χ4n) is 3.09. The maximum Gasteiger partial charge on any atom is 0.460 e. The number of halogens is 15. The minimum Gasteiger partial charge on any atom is -0.458 e. The highest BCUT2D eigenvalue weighted by Crippen LogP contribution is 2.62. The highest BCUT2D eigenvalue weighted by atomic mass is 19.4. The van der Waals surface area contributed by atoms with Crippen LogP contribution in [0.25, 0.3) is 0 Å². The Morgan fingerprint density at radius 1 is 0.538 bits per heavy atom. The lowest BCUT2D eigenvalue weighted by molar-refractivity contribution is -0.453. The number of ether oxygens (including phenoxy) is 1. The monoisotopic (exact) mass is 594 g/mol. The lowest BCUT2D eigenvalue weighted by Gasteiger charge is -2.41. The van der Waals surface area contributed by atoms with Crippen LogP contribution in [0.15, 0.2) is 60.7 Å². The highest BCUT2D eigenvalue weighted by Gasteiger charge is 2.93. The molecule has 0 fully saturated rings. The van der Waals surface area contributed by atoms with Gasteiger partial charge in [-0.3, -0.25) is 4.79 Å². The van der Waals surface area contributed by atoms with Crippen LogP contribution >= 0.6 is 0 Å². The van der Waals surface area contributed by atoms with Gasteiger partial charge < -0.3 is 4.74 Å². The number of carbonyl (C=O) groups excluding carboxylic acids is 1. The van der Waals surface area contributed by atoms with Gasteiger partial charge in [-0.15, -0.1) is 0 Å². The maximum absolute atomic E-state index is 14.1. The Hall–Kier alpha value is -3.14. The van der Waals surface area contributed by atoms with Crippen LogP contribution in [0.3, 0.4) is 0 Å². The molecule has 0 spiro atoms. The highest BCUT2D eigenvalue weighted by molar-refractivity contribution is 5.82. The lowest BCUT2D eigenvalue weighted by Crippen LogP contribution is -2.73. The zero-order valence-electron chi connectivity index (χ0n) is 18.5. The summed E-state index contributed by atoms with van der Waals surface area (Å²) >= 11 is 0. The van der Waals surface area contributed by atoms with E-state index in [0.717, 1.165) is 0 Å². The second-order valence-electron chi connectivity index (χ2n) is 7.94. The molecule has 0 aliphatic heterocycles. The molecule has 0 radical (unpaired) electrons. The Kier molecular flexibility index (Phi) is 8.32. The van der Waals surface area contributed by atoms with Crippen molar-refractivity contribution in [1.82, 2.24) is 0 Å². The standard InChI is InChI=1S/C22H13F15O2/c23-16(24,11-39-15(38)14(12-7-3-1-4-8-12)13-9-5-2-6-10-13)17(25,26)18(27,28)19(29,30)20(31,32)21(33,34)22(35,36)37/h1-10,14H,11H2. The molecule has 2 rings (SSSR count). The number of hydrogen-bond donors (Lipinski definition) is 0. The van der Waals surface area contributed by atoms with Gasteiger partial charge in [-0.05, 0) is 11.1 Å². The number of carbonyl (C=O) groups is 1. The van der Waals surface area contributed by atoms with E-state index >= 15 is 0 Å². The third kappa shape index (κ3) is 5.23. The summed E-state index contributed by atoms with van der Waals surface area (Å²) < 4.78 is 204. The minimum absolute atomic E-state index is 0.0327. The van der Waals surface area contributed by atoms with E-state index in [1.54, 1.807) is 0 Å². The van der Waals surface area contributed by atoms with Gasteiger partial charge in [-0.1, -0.05) is 60.7 Å². The number of rotatable bonds is 10. The smallest absolute Gasteiger partial charge is 0.458 e. The normalized spacial score (nSPS) is 14.5. The molecule has 0 aliphatic carbocycles. The van der Waals surface area contributed by atoms with Gasteiger partial charge in [0, 0.05) is 0 Å². The molecule has 0 amide bonds. The van der Waals surface area contributed by atoms with Crippen molar-refractivity contribution >= 4 is 5.97 Å². The molecule has 0 atom stereocenters. The fraction of sp³-hybridized carbons (Fsp3) is 0.409. The second kappa shape index (κ2) is 10.1. The van der Waals surface area contributed by atoms with Crippen LogP contribution in [-0.4, -0.2) is 54.3 Å². The van der Waals surface area contributed by atoms with E-state index < -0.39 is 60.2 Å². The van der Waals surface area contributed by atoms with E-state index in [1.807, 2.05) is 0 Å². The molecule has 218 valence electrons. The molecule has 2 aromatic carbocycles. The minimum atomic E-state index is -8.41. The number of esters is 1. The summed E-state index contributed by atoms with van der Waals surface area (Å²) in [4.78, 5) is 12.5. The third-order valence-corrected chi connectivity index (χ3v) is 5.29. The second-order valence-corrected chi connectivity index (χ2v) is 7.94. The van der Waals surface area contributed by atoms with Crippen LogP contribution in [0, 0.1) is 0 Å². The SMILES string of the molecule is O=C(OCC(F)(F)C(F)(F)C(F)(F)C(F)(F)C(F)(F)C(F)(F)C(F)(F)F)C(c1ccccc1)c1ccccc1. The van der Waals surface area contributed by atoms with Gasteiger partial charge in [0.15, 0.2) is 6.61 Å². The van der Waals surface area contributed by atoms with Crippen LogP contribution in [0.5, 0.6) is 0 Å². The molecule has 17 heteroatoms. The predicted octanol–water partition coefficient (Wildman–Crippen LogP) is 7.74. The molecule has 0 unspecified atom stereocenters. The zero-order chi connectivity index (χ0) is 30.3. The summed E-state index contributed by atoms with van der Waals surface area (Å²) in [5, 5.41) is 0. The summed E-state index contributed by atoms with van der Waals surface area (Å²) in [6.07, 6.45) is -7.69. The van der Waals surface area contributed by atoms with Crippen molar-refractivity contribution < 1.29 is 75.4 Å². The first-order valence-electron chi connectivity index (χ1n) is 10.1. The van der Waals surface area contributed by atoms with Gasteiger partial charge in [0.2, 0.25) is 0 Å². The largest absolute Gasteiger partial charge is 0.460 e. The molecule has 39 heavy (non-hydrogen) atoms. The Bertz CT molecular complexity index is 1090. The molecule has 0 heterocycles. The molecule has 2 nitrogen and oxygen atoms in total. The molecule has 0 saturated carbocycles. The van der Waals surface area contributed by atoms with Crippen molar-refractivity contribution in [1.29, 1.82) is 0 Å². The summed E-state index contributed by atoms with van der Waals surface area (Å²) in [5.74, 6) is -51.1. The summed E-state index contributed by atoms with van der Waals surface area (Å²) in [6, 6.07) is 13.0. The van der Waals surface area contributed by atoms with Crippen LogP contribution in [0.4, 0.5) is 65.9 Å². The Balaban J connectivity index is 2.41. The van der Waals surface area contributed by atoms with E-state index in [-0.39, 0.29) is 11.1 Å². The van der Waals surface area contributed by atoms with Gasteiger partial charge >= 0.3 is 47.7 Å². The molecule has 0 aromatic heterocycles. The van der Waals surface area contributed by atoms with Crippen LogP contribution in [0.1, 0.15) is 17.0 Å². The van der Waals surface area contributed by atoms with E-state index in [1.165, 1.54) is 60.7 Å². The van der Waals surface area contributed by atoms with Crippen LogP contribution in [0.2, 0.25) is 0 Å². The summed E-state index contributed by atoms with van der Waals surface area (Å²) in [5.41, 5.74) is -0.0654. The molecular weight excluding hydrogens is 581 g/mol. The van der Waals surface area contributed by atoms with E-state index in [2.05, 4.69) is 4.74 Å². The topological polar surface area (TPSA) is 26.3 Å². The van der Waals surface area contributed by atoms with Crippen molar-refractivity contribution in [3.8, 4) is 0 Å². The molecule has 2 aromatic rings. The maximum atomic E-state index is 14.1. The molecular formula is C22H13F15O2. The van der Waals surface area contributed by atoms with Crippen molar-refractivity contribution in [3.05, 3.63) is 71.8 Å². The number of alkyl halides is 15. The van der Waals surface area contributed by atoms with E-state index in [4.69, 9.17) is 0 Å². The van der Waals surface area contributed by atoms with Gasteiger partial charge in [0.05, 0.1) is 0 Å². The first-order chi connectivity index (χ1) is 17.5. The fourth-order valence-corrected chi connectivity index (χ4v) is 3.09. The van der Waals surface area contributed by atoms with Crippen molar-refractivity contribution in [2.75, 3.05) is 6.61 Å².